The minimum Gasteiger partial charge on any atom is -0.456 e. The molecule has 0 bridgehead atoms. The summed E-state index contributed by atoms with van der Waals surface area (Å²) < 4.78 is 11.8. The highest BCUT2D eigenvalue weighted by Gasteiger charge is 2.39. The van der Waals surface area contributed by atoms with E-state index in [0.717, 1.165) is 46.2 Å². The van der Waals surface area contributed by atoms with Gasteiger partial charge in [-0.3, -0.25) is 0 Å². The van der Waals surface area contributed by atoms with Gasteiger partial charge in [0.1, 0.15) is 11.2 Å². The fourth-order valence-electron chi connectivity index (χ4n) is 10.7. The lowest BCUT2D eigenvalue weighted by molar-refractivity contribution is 0.332. The van der Waals surface area contributed by atoms with Crippen molar-refractivity contribution in [2.45, 2.75) is 84.5 Å². The molecule has 0 atom stereocenters. The van der Waals surface area contributed by atoms with Crippen LogP contribution in [0.15, 0.2) is 120 Å². The number of thiophene rings is 1. The molecule has 1 N–H and O–H groups in total. The Balaban J connectivity index is 1.18. The Morgan fingerprint density at radius 3 is 2.15 bits per heavy atom. The summed E-state index contributed by atoms with van der Waals surface area (Å²) in [6.07, 6.45) is 2.32. The highest BCUT2D eigenvalue weighted by molar-refractivity contribution is 7.26. The van der Waals surface area contributed by atoms with Crippen LogP contribution in [0.25, 0.3) is 80.7 Å². The normalized spacial score (nSPS) is 15.6. The maximum absolute atomic E-state index is 6.59. The second-order valence-corrected chi connectivity index (χ2v) is 21.1. The Kier molecular flexibility index (Phi) is 7.32. The van der Waals surface area contributed by atoms with Crippen molar-refractivity contribution in [2.75, 3.05) is 5.32 Å². The van der Waals surface area contributed by atoms with Crippen LogP contribution in [-0.4, -0.2) is 11.8 Å². The molecule has 0 fully saturated rings. The van der Waals surface area contributed by atoms with Gasteiger partial charge in [0.15, 0.2) is 7.28 Å². The van der Waals surface area contributed by atoms with E-state index < -0.39 is 0 Å². The van der Waals surface area contributed by atoms with E-state index in [1.807, 2.05) is 11.3 Å². The number of hydrogen-bond donors (Lipinski definition) is 1. The number of hydrogen-bond acceptors (Lipinski definition) is 3. The molecule has 7 aromatic carbocycles. The third-order valence-electron chi connectivity index (χ3n) is 14.1. The lowest BCUT2D eigenvalue weighted by Gasteiger charge is -2.42. The van der Waals surface area contributed by atoms with Gasteiger partial charge in [-0.2, -0.15) is 0 Å². The van der Waals surface area contributed by atoms with Gasteiger partial charge in [-0.15, -0.1) is 11.3 Å². The molecule has 4 heterocycles. The van der Waals surface area contributed by atoms with E-state index in [9.17, 15) is 0 Å². The first-order valence-corrected chi connectivity index (χ1v) is 22.4. The molecule has 10 aromatic rings. The number of anilines is 2. The van der Waals surface area contributed by atoms with Gasteiger partial charge in [-0.05, 0) is 124 Å². The first-order chi connectivity index (χ1) is 28.7. The molecular formula is C55H48BN2OS. The Morgan fingerprint density at radius 1 is 0.667 bits per heavy atom. The number of benzene rings is 7. The van der Waals surface area contributed by atoms with Crippen LogP contribution in [0.3, 0.4) is 0 Å². The van der Waals surface area contributed by atoms with E-state index in [1.54, 1.807) is 0 Å². The van der Waals surface area contributed by atoms with Crippen LogP contribution in [0.1, 0.15) is 83.6 Å². The number of nitrogens with one attached hydrogen (secondary N) is 1. The van der Waals surface area contributed by atoms with Crippen molar-refractivity contribution in [3.8, 4) is 16.8 Å². The highest BCUT2D eigenvalue weighted by Crippen LogP contribution is 2.50. The third kappa shape index (κ3) is 5.14. The van der Waals surface area contributed by atoms with Gasteiger partial charge in [0.05, 0.1) is 5.52 Å². The molecule has 0 saturated heterocycles. The summed E-state index contributed by atoms with van der Waals surface area (Å²) in [6, 6.07) is 43.5. The van der Waals surface area contributed by atoms with Crippen LogP contribution in [0.4, 0.5) is 11.4 Å². The Hall–Kier alpha value is -5.78. The van der Waals surface area contributed by atoms with E-state index in [4.69, 9.17) is 4.42 Å². The second-order valence-electron chi connectivity index (χ2n) is 20.0. The minimum atomic E-state index is 0.0533. The zero-order valence-corrected chi connectivity index (χ0v) is 36.5. The number of para-hydroxylation sites is 1. The van der Waals surface area contributed by atoms with Crippen molar-refractivity contribution in [3.05, 3.63) is 138 Å². The average Bonchev–Trinajstić information content (AvgIpc) is 3.88. The molecular weight excluding hydrogens is 747 g/mol. The van der Waals surface area contributed by atoms with E-state index in [1.165, 1.54) is 92.0 Å². The van der Waals surface area contributed by atoms with Gasteiger partial charge in [0.2, 0.25) is 0 Å². The monoisotopic (exact) mass is 795 g/mol. The molecule has 12 rings (SSSR count). The van der Waals surface area contributed by atoms with Crippen molar-refractivity contribution in [3.63, 3.8) is 0 Å². The summed E-state index contributed by atoms with van der Waals surface area (Å²) in [7, 11) is 2.49. The molecule has 2 aliphatic rings. The van der Waals surface area contributed by atoms with Crippen LogP contribution in [0, 0.1) is 6.92 Å². The largest absolute Gasteiger partial charge is 0.456 e. The summed E-state index contributed by atoms with van der Waals surface area (Å²) in [5.41, 5.74) is 18.5. The maximum atomic E-state index is 6.59. The fourth-order valence-corrected chi connectivity index (χ4v) is 11.8. The molecule has 1 radical (unpaired) electrons. The predicted molar refractivity (Wildman–Crippen MR) is 260 cm³/mol. The molecule has 3 nitrogen and oxygen atoms in total. The number of aromatic nitrogens is 1. The fraction of sp³-hybridized carbons (Fsp3) is 0.236. The SMILES string of the molecule is Cc1cc(-c2cc3c(cc2Nc2ccc(C(C)(C)C)cc2)C(C)(C)CCC3(C)C)c2c3c1c1cc4c(cc1n3-c1cc3c(cc1[B]2)sc1ccccc13)oc1ccccc14. The van der Waals surface area contributed by atoms with Crippen LogP contribution in [-0.2, 0) is 16.2 Å². The van der Waals surface area contributed by atoms with Crippen molar-refractivity contribution in [2.24, 2.45) is 0 Å². The number of aryl methyl sites for hydroxylation is 1. The zero-order chi connectivity index (χ0) is 41.0. The van der Waals surface area contributed by atoms with Crippen LogP contribution in [0.2, 0.25) is 0 Å². The molecule has 0 unspecified atom stereocenters. The van der Waals surface area contributed by atoms with E-state index in [2.05, 4.69) is 188 Å². The number of nitrogens with zero attached hydrogens (tertiary/aromatic N) is 1. The molecule has 1 aliphatic heterocycles. The summed E-state index contributed by atoms with van der Waals surface area (Å²) >= 11 is 1.89. The Labute approximate surface area is 356 Å². The second kappa shape index (κ2) is 12.2. The van der Waals surface area contributed by atoms with Gasteiger partial charge in [-0.25, -0.2) is 0 Å². The lowest BCUT2D eigenvalue weighted by Crippen LogP contribution is -2.37. The summed E-state index contributed by atoms with van der Waals surface area (Å²) in [4.78, 5) is 0. The minimum absolute atomic E-state index is 0.0533. The summed E-state index contributed by atoms with van der Waals surface area (Å²) in [6.45, 7) is 18.9. The first-order valence-electron chi connectivity index (χ1n) is 21.5. The molecule has 3 aromatic heterocycles. The number of furan rings is 1. The lowest BCUT2D eigenvalue weighted by atomic mass is 9.58. The van der Waals surface area contributed by atoms with Gasteiger partial charge in [0, 0.05) is 75.9 Å². The van der Waals surface area contributed by atoms with Gasteiger partial charge < -0.3 is 14.3 Å². The average molecular weight is 796 g/mol. The third-order valence-corrected chi connectivity index (χ3v) is 15.3. The van der Waals surface area contributed by atoms with Gasteiger partial charge in [0.25, 0.3) is 0 Å². The summed E-state index contributed by atoms with van der Waals surface area (Å²) in [5.74, 6) is 0. The Bertz CT molecular complexity index is 3480. The predicted octanol–water partition coefficient (Wildman–Crippen LogP) is 14.4. The zero-order valence-electron chi connectivity index (χ0n) is 35.7. The van der Waals surface area contributed by atoms with E-state index in [0.29, 0.717) is 0 Å². The Morgan fingerprint density at radius 2 is 1.38 bits per heavy atom. The number of fused-ring (bicyclic) bond motifs is 12. The summed E-state index contributed by atoms with van der Waals surface area (Å²) in [5, 5.41) is 11.5. The van der Waals surface area contributed by atoms with Crippen molar-refractivity contribution in [1.82, 2.24) is 4.57 Å². The molecule has 1 aliphatic carbocycles. The van der Waals surface area contributed by atoms with Crippen LogP contribution >= 0.6 is 11.3 Å². The van der Waals surface area contributed by atoms with Crippen LogP contribution < -0.4 is 16.2 Å². The molecule has 0 amide bonds. The van der Waals surface area contributed by atoms with Gasteiger partial charge in [-0.1, -0.05) is 109 Å². The number of rotatable bonds is 3. The quantitative estimate of drug-likeness (QED) is 0.181. The maximum Gasteiger partial charge on any atom is 0.197 e. The molecule has 5 heteroatoms. The van der Waals surface area contributed by atoms with E-state index in [-0.39, 0.29) is 16.2 Å². The van der Waals surface area contributed by atoms with Gasteiger partial charge >= 0.3 is 0 Å². The topological polar surface area (TPSA) is 30.1 Å². The molecule has 0 saturated carbocycles. The van der Waals surface area contributed by atoms with Crippen molar-refractivity contribution in [1.29, 1.82) is 0 Å². The van der Waals surface area contributed by atoms with Crippen LogP contribution in [0.5, 0.6) is 0 Å². The van der Waals surface area contributed by atoms with Crippen molar-refractivity contribution < 1.29 is 4.42 Å². The smallest absolute Gasteiger partial charge is 0.197 e. The van der Waals surface area contributed by atoms with E-state index >= 15 is 0 Å². The highest BCUT2D eigenvalue weighted by atomic mass is 32.1. The molecule has 293 valence electrons. The van der Waals surface area contributed by atoms with Crippen molar-refractivity contribution >= 4 is 105 Å². The standard InChI is InChI=1S/C55H48BN2OS/c1-30-23-38(35-25-40-41(55(7,8)22-21-54(40,5)6)27-43(35)57-32-19-17-31(18-20-32)53(2,3)4)51-52-50(30)39-24-36-33-13-9-11-15-46(33)59-47(36)29-44(39)58(52)45-26-37-34-14-10-12-16-48(34)60-49(37)28-42(45)56-51/h9-20,23-29,57H,21-22H2,1-8H3. The first kappa shape index (κ1) is 36.1. The molecule has 0 spiro atoms. The molecule has 60 heavy (non-hydrogen) atoms.